The van der Waals surface area contributed by atoms with E-state index < -0.39 is 0 Å². The Morgan fingerprint density at radius 3 is 2.55 bits per heavy atom. The molecule has 0 bridgehead atoms. The smallest absolute Gasteiger partial charge is 0.153 e. The molecule has 0 amide bonds. The van der Waals surface area contributed by atoms with Crippen LogP contribution in [-0.2, 0) is 12.7 Å². The van der Waals surface area contributed by atoms with Crippen molar-refractivity contribution >= 4 is 12.9 Å². The molecule has 2 heteroatoms. The highest BCUT2D eigenvalue weighted by atomic mass is 14.9. The molecule has 2 rings (SSSR count). The number of fused-ring (bicyclic) bond motifs is 1. The quantitative estimate of drug-likeness (QED) is 0.295. The first-order chi connectivity index (χ1) is 14.6. The summed E-state index contributed by atoms with van der Waals surface area (Å²) in [4.78, 5) is 0. The lowest BCUT2D eigenvalue weighted by atomic mass is 9.57. The van der Waals surface area contributed by atoms with Gasteiger partial charge in [-0.2, -0.15) is 0 Å². The molecule has 1 heterocycles. The van der Waals surface area contributed by atoms with E-state index in [1.165, 1.54) is 34.4 Å². The van der Waals surface area contributed by atoms with Gasteiger partial charge in [0.2, 0.25) is 0 Å². The molecule has 0 saturated heterocycles. The topological polar surface area (TPSA) is 12.0 Å². The first kappa shape index (κ1) is 25.0. The average molecular weight is 415 g/mol. The lowest BCUT2D eigenvalue weighted by Crippen LogP contribution is -2.40. The second kappa shape index (κ2) is 11.4. The summed E-state index contributed by atoms with van der Waals surface area (Å²) in [5.41, 5.74) is 9.28. The number of hydrogen-bond donors (Lipinski definition) is 1. The monoisotopic (exact) mass is 415 g/mol. The molecule has 1 aromatic carbocycles. The van der Waals surface area contributed by atoms with Crippen molar-refractivity contribution in [1.82, 2.24) is 5.32 Å². The van der Waals surface area contributed by atoms with Gasteiger partial charge < -0.3 is 5.32 Å². The van der Waals surface area contributed by atoms with E-state index in [-0.39, 0.29) is 0 Å². The van der Waals surface area contributed by atoms with Crippen molar-refractivity contribution in [3.05, 3.63) is 90.2 Å². The van der Waals surface area contributed by atoms with Crippen molar-refractivity contribution in [1.29, 1.82) is 0 Å². The minimum absolute atomic E-state index is 0.353. The van der Waals surface area contributed by atoms with Gasteiger partial charge in [0.15, 0.2) is 7.28 Å². The second-order valence-corrected chi connectivity index (χ2v) is 10.3. The van der Waals surface area contributed by atoms with Crippen LogP contribution in [0.5, 0.6) is 0 Å². The number of benzene rings is 1. The molecule has 1 aliphatic heterocycles. The molecule has 0 radical (unpaired) electrons. The maximum absolute atomic E-state index is 4.43. The molecule has 1 unspecified atom stereocenters. The van der Waals surface area contributed by atoms with Gasteiger partial charge in [0.25, 0.3) is 0 Å². The third-order valence-electron chi connectivity index (χ3n) is 6.23. The van der Waals surface area contributed by atoms with Crippen molar-refractivity contribution in [3.63, 3.8) is 0 Å². The zero-order valence-corrected chi connectivity index (χ0v) is 20.4. The Morgan fingerprint density at radius 1 is 1.13 bits per heavy atom. The maximum atomic E-state index is 4.43. The first-order valence-corrected chi connectivity index (χ1v) is 11.8. The van der Waals surface area contributed by atoms with E-state index in [0.29, 0.717) is 11.4 Å². The average Bonchev–Trinajstić information content (AvgIpc) is 2.71. The molecule has 166 valence electrons. The van der Waals surface area contributed by atoms with Crippen LogP contribution in [-0.4, -0.2) is 13.2 Å². The van der Waals surface area contributed by atoms with Crippen molar-refractivity contribution in [2.24, 2.45) is 5.41 Å². The van der Waals surface area contributed by atoms with Crippen LogP contribution in [0.4, 0.5) is 0 Å². The molecular formula is C29H42BN. The van der Waals surface area contributed by atoms with E-state index in [0.717, 1.165) is 56.9 Å². The predicted molar refractivity (Wildman–Crippen MR) is 142 cm³/mol. The molecule has 1 aromatic rings. The summed E-state index contributed by atoms with van der Waals surface area (Å²) in [6, 6.07) is 6.74. The third kappa shape index (κ3) is 8.09. The highest BCUT2D eigenvalue weighted by Crippen LogP contribution is 2.30. The van der Waals surface area contributed by atoms with Crippen LogP contribution in [0.1, 0.15) is 76.5 Å². The minimum Gasteiger partial charge on any atom is -0.393 e. The van der Waals surface area contributed by atoms with E-state index in [4.69, 9.17) is 0 Å². The first-order valence-electron chi connectivity index (χ1n) is 11.8. The van der Waals surface area contributed by atoms with Gasteiger partial charge in [-0.15, -0.1) is 0 Å². The second-order valence-electron chi connectivity index (χ2n) is 10.3. The fourth-order valence-electron chi connectivity index (χ4n) is 4.28. The van der Waals surface area contributed by atoms with E-state index in [1.807, 2.05) is 19.1 Å². The van der Waals surface area contributed by atoms with Gasteiger partial charge in [0.05, 0.1) is 0 Å². The molecule has 0 aromatic heterocycles. The third-order valence-corrected chi connectivity index (χ3v) is 6.23. The zero-order valence-electron chi connectivity index (χ0n) is 20.4. The normalized spacial score (nSPS) is 15.8. The van der Waals surface area contributed by atoms with Crippen LogP contribution in [0.25, 0.3) is 5.57 Å². The molecule has 1 nitrogen and oxygen atoms in total. The molecular weight excluding hydrogens is 373 g/mol. The fraction of sp³-hybridized carbons (Fsp3) is 0.448. The number of nitrogens with one attached hydrogen (secondary N) is 1. The van der Waals surface area contributed by atoms with Crippen molar-refractivity contribution in [2.75, 3.05) is 0 Å². The Kier molecular flexibility index (Phi) is 9.23. The standard InChI is InChI=1S/C29H42BN/c1-9-12-21(2)22(3)13-10-14-23(4)26-16-11-15-25-19-28(30-20-27(25)26)31-24(5)17-18-29(6,7)8/h9,11-12,15-16,28,30-31H,2-5,10,13-14,17-20H2,1,6-8H3/b12-9-. The lowest BCUT2D eigenvalue weighted by Gasteiger charge is -2.29. The van der Waals surface area contributed by atoms with E-state index in [2.05, 4.69) is 70.6 Å². The number of allylic oxidation sites excluding steroid dienone is 6. The fourth-order valence-corrected chi connectivity index (χ4v) is 4.28. The van der Waals surface area contributed by atoms with Crippen molar-refractivity contribution in [3.8, 4) is 0 Å². The van der Waals surface area contributed by atoms with E-state index >= 15 is 0 Å². The molecule has 1 aliphatic rings. The summed E-state index contributed by atoms with van der Waals surface area (Å²) < 4.78 is 0. The summed E-state index contributed by atoms with van der Waals surface area (Å²) in [7, 11) is 1.16. The van der Waals surface area contributed by atoms with Crippen LogP contribution < -0.4 is 5.32 Å². The summed E-state index contributed by atoms with van der Waals surface area (Å²) in [5, 5.41) is 3.71. The van der Waals surface area contributed by atoms with Crippen LogP contribution in [0.3, 0.4) is 0 Å². The van der Waals surface area contributed by atoms with E-state index in [9.17, 15) is 0 Å². The van der Waals surface area contributed by atoms with Gasteiger partial charge in [0, 0.05) is 11.6 Å². The van der Waals surface area contributed by atoms with Gasteiger partial charge in [-0.3, -0.25) is 0 Å². The predicted octanol–water partition coefficient (Wildman–Crippen LogP) is 7.31. The van der Waals surface area contributed by atoms with Gasteiger partial charge in [0.1, 0.15) is 0 Å². The Hall–Kier alpha value is -2.22. The molecule has 0 fully saturated rings. The number of rotatable bonds is 11. The summed E-state index contributed by atoms with van der Waals surface area (Å²) >= 11 is 0. The van der Waals surface area contributed by atoms with Crippen LogP contribution in [0, 0.1) is 5.41 Å². The lowest BCUT2D eigenvalue weighted by molar-refractivity contribution is 0.373. The Morgan fingerprint density at radius 2 is 1.87 bits per heavy atom. The number of hydrogen-bond acceptors (Lipinski definition) is 1. The minimum atomic E-state index is 0.353. The molecule has 1 N–H and O–H groups in total. The van der Waals surface area contributed by atoms with Crippen LogP contribution in [0.15, 0.2) is 73.5 Å². The Balaban J connectivity index is 1.92. The van der Waals surface area contributed by atoms with E-state index in [1.54, 1.807) is 0 Å². The van der Waals surface area contributed by atoms with Gasteiger partial charge >= 0.3 is 0 Å². The molecule has 31 heavy (non-hydrogen) atoms. The maximum Gasteiger partial charge on any atom is 0.153 e. The molecule has 1 atom stereocenters. The highest BCUT2D eigenvalue weighted by molar-refractivity contribution is 6.38. The summed E-state index contributed by atoms with van der Waals surface area (Å²) in [5.74, 6) is 0.490. The SMILES string of the molecule is C=C(CCC(C)(C)C)NC1BCc2c(cccc2C(=C)CCCC(=C)C(=C)/C=C\C)C1. The molecule has 0 spiro atoms. The largest absolute Gasteiger partial charge is 0.393 e. The highest BCUT2D eigenvalue weighted by Gasteiger charge is 2.23. The van der Waals surface area contributed by atoms with Crippen molar-refractivity contribution < 1.29 is 0 Å². The van der Waals surface area contributed by atoms with Crippen molar-refractivity contribution in [2.45, 2.75) is 78.5 Å². The van der Waals surface area contributed by atoms with Crippen LogP contribution in [0.2, 0.25) is 0 Å². The summed E-state index contributed by atoms with van der Waals surface area (Å²) in [6.07, 6.45) is 11.5. The Labute approximate surface area is 192 Å². The molecule has 0 aliphatic carbocycles. The van der Waals surface area contributed by atoms with Crippen LogP contribution >= 0.6 is 0 Å². The van der Waals surface area contributed by atoms with Gasteiger partial charge in [-0.25, -0.2) is 0 Å². The Bertz CT molecular complexity index is 850. The van der Waals surface area contributed by atoms with Gasteiger partial charge in [-0.05, 0) is 90.6 Å². The molecule has 0 saturated carbocycles. The zero-order chi connectivity index (χ0) is 23.0. The summed E-state index contributed by atoms with van der Waals surface area (Å²) in [6.45, 7) is 25.9. The van der Waals surface area contributed by atoms with Gasteiger partial charge in [-0.1, -0.05) is 77.4 Å².